The Morgan fingerprint density at radius 1 is 0.550 bits per heavy atom. The summed E-state index contributed by atoms with van der Waals surface area (Å²) in [5, 5.41) is 20.8. The van der Waals surface area contributed by atoms with Crippen LogP contribution in [-0.2, 0) is 56.7 Å². The van der Waals surface area contributed by atoms with Crippen molar-refractivity contribution in [1.29, 1.82) is 0 Å². The van der Waals surface area contributed by atoms with Crippen LogP contribution >= 0.6 is 12.0 Å². The van der Waals surface area contributed by atoms with Crippen LogP contribution in [0.4, 0.5) is 23.5 Å². The van der Waals surface area contributed by atoms with Gasteiger partial charge in [0.25, 0.3) is 20.2 Å². The molecule has 80 heavy (non-hydrogen) atoms. The normalized spacial score (nSPS) is 11.4. The minimum Gasteiger partial charge on any atom is -0.368 e. The molecule has 0 amide bonds. The zero-order valence-corrected chi connectivity index (χ0v) is 47.1. The van der Waals surface area contributed by atoms with Gasteiger partial charge in [0.05, 0.1) is 63.3 Å². The zero-order chi connectivity index (χ0) is 57.1. The molecule has 8 bridgehead atoms. The molecule has 26 nitrogen and oxygen atoms in total. The third-order valence-electron chi connectivity index (χ3n) is 10.4. The number of fused-ring (bicyclic) bond motifs is 20. The van der Waals surface area contributed by atoms with E-state index in [2.05, 4.69) is 39.7 Å². The number of sulfonamides is 1. The summed E-state index contributed by atoms with van der Waals surface area (Å²) in [6.07, 6.45) is 1.73. The van der Waals surface area contributed by atoms with Gasteiger partial charge in [-0.1, -0.05) is 130 Å². The second-order valence-corrected chi connectivity index (χ2v) is 21.3. The summed E-state index contributed by atoms with van der Waals surface area (Å²) >= 11 is 0.519. The van der Waals surface area contributed by atoms with E-state index in [1.807, 2.05) is 125 Å². The molecule has 0 aliphatic carbocycles. The largest absolute Gasteiger partial charge is 2.00 e. The summed E-state index contributed by atoms with van der Waals surface area (Å²) in [5.41, 5.74) is 11.5. The minimum absolute atomic E-state index is 0. The van der Waals surface area contributed by atoms with E-state index in [0.29, 0.717) is 64.2 Å². The van der Waals surface area contributed by atoms with Crippen molar-refractivity contribution in [2.75, 3.05) is 42.0 Å². The molecule has 2 aliphatic rings. The van der Waals surface area contributed by atoms with E-state index in [9.17, 15) is 29.8 Å². The molecule has 8 N–H and O–H groups in total. The van der Waals surface area contributed by atoms with Crippen LogP contribution in [0.1, 0.15) is 27.7 Å². The third-order valence-corrected chi connectivity index (χ3v) is 12.6. The topological polar surface area (TPSA) is 388 Å². The fraction of sp³-hybridized carbons (Fsp3) is 0.163. The predicted octanol–water partition coefficient (Wildman–Crippen LogP) is 7.51. The zero-order valence-electron chi connectivity index (χ0n) is 42.9. The number of benzene rings is 5. The van der Waals surface area contributed by atoms with Crippen LogP contribution in [0.3, 0.4) is 0 Å². The smallest absolute Gasteiger partial charge is 0.368 e. The fourth-order valence-electron chi connectivity index (χ4n) is 7.41. The van der Waals surface area contributed by atoms with Gasteiger partial charge >= 0.3 is 17.1 Å². The van der Waals surface area contributed by atoms with Crippen LogP contribution in [-0.4, -0.2) is 110 Å². The summed E-state index contributed by atoms with van der Waals surface area (Å²) in [7, 11) is -11.5. The number of nitrogens with zero attached hydrogens (tertiary/aromatic N) is 11. The van der Waals surface area contributed by atoms with E-state index < -0.39 is 35.2 Å². The molecule has 6 heterocycles. The molecule has 11 rings (SSSR count). The van der Waals surface area contributed by atoms with E-state index >= 15 is 0 Å². The number of hydrogen-bond acceptors (Lipinski definition) is 22. The summed E-state index contributed by atoms with van der Waals surface area (Å²) in [4.78, 5) is 50.8. The van der Waals surface area contributed by atoms with Crippen molar-refractivity contribution in [3.8, 4) is 45.6 Å². The van der Waals surface area contributed by atoms with Crippen molar-refractivity contribution >= 4 is 110 Å². The van der Waals surface area contributed by atoms with E-state index in [0.717, 1.165) is 62.2 Å². The SMILES string of the molecule is CC.CC.CS(=O)(=O)NCCNc1nc(N)nc(Nc2cc(S(=O)(=O)O)ccc2SOOO)n1.CS(=O)(=O)O.[Cu+2].c1ccc2c(c1)-c1nc-2nc2[n-]c(nc3nc(nc4[n-]c(n1)c1ccccc41)-c1ccccc1-3)c1ccccc21. The Morgan fingerprint density at radius 3 is 1.31 bits per heavy atom. The van der Waals surface area contributed by atoms with Crippen molar-refractivity contribution in [3.05, 3.63) is 115 Å². The number of nitrogens with two attached hydrogens (primary N) is 1. The Labute approximate surface area is 473 Å². The van der Waals surface area contributed by atoms with Gasteiger partial charge in [0.15, 0.2) is 0 Å². The molecule has 0 saturated carbocycles. The number of nitrogens with one attached hydrogen (secondary N) is 3. The van der Waals surface area contributed by atoms with Gasteiger partial charge in [-0.25, -0.2) is 28.4 Å². The van der Waals surface area contributed by atoms with Crippen molar-refractivity contribution in [1.82, 2.24) is 59.5 Å². The second-order valence-electron chi connectivity index (χ2n) is 15.8. The summed E-state index contributed by atoms with van der Waals surface area (Å²) in [6.45, 7) is 8.19. The first-order valence-corrected chi connectivity index (χ1v) is 29.4. The van der Waals surface area contributed by atoms with Gasteiger partial charge in [-0.3, -0.25) is 9.11 Å². The maximum atomic E-state index is 11.4. The molecule has 4 aromatic heterocycles. The van der Waals surface area contributed by atoms with Gasteiger partial charge < -0.3 is 46.3 Å². The van der Waals surface area contributed by atoms with E-state index in [-0.39, 0.29) is 58.6 Å². The average Bonchev–Trinajstić information content (AvgIpc) is 4.33. The van der Waals surface area contributed by atoms with Gasteiger partial charge in [-0.05, 0) is 39.7 Å². The van der Waals surface area contributed by atoms with Crippen molar-refractivity contribution in [2.45, 2.75) is 37.5 Å². The first-order valence-electron chi connectivity index (χ1n) is 23.5. The standard InChI is InChI=1S/C32H16N8.C12H17N7O8S3.2C2H6.CH4O3S.Cu/c1-2-10-18-17(9-1)25-33-26(18)38-28-21-13-5-6-14-22(21)30(35-28)40-32-24-16-8-7-15-23(24)31(36-32)39-29-20-12-4-3-11-19(20)27(34-29)37-25;1-29(21,22)15-5-4-14-11-17-10(13)18-12(19-11)16-8-6-7(30(23,24)25)2-3-9(8)28-27-26-20;2*1-2;1-5(2,3)4;/h1-16H;2-3,6,15,20H,4-5H2,1H3,(H,23,24,25)(H4,13,14,16,17,18,19);2*1-2H3;1H3,(H,2,3,4);/q-2;;;;;+2. The van der Waals surface area contributed by atoms with E-state index in [4.69, 9.17) is 55.4 Å². The molecule has 31 heteroatoms. The molecule has 0 atom stereocenters. The van der Waals surface area contributed by atoms with Crippen LogP contribution in [0.5, 0.6) is 0 Å². The van der Waals surface area contributed by atoms with Crippen molar-refractivity contribution in [3.63, 3.8) is 0 Å². The van der Waals surface area contributed by atoms with E-state index in [1.54, 1.807) is 0 Å². The minimum atomic E-state index is -4.52. The number of anilines is 4. The number of hydrogen-bond donors (Lipinski definition) is 7. The van der Waals surface area contributed by atoms with Crippen LogP contribution < -0.4 is 31.1 Å². The Morgan fingerprint density at radius 2 is 0.938 bits per heavy atom. The van der Waals surface area contributed by atoms with Crippen LogP contribution in [0, 0.1) is 0 Å². The maximum absolute atomic E-state index is 11.4. The Kier molecular flexibility index (Phi) is 20.8. The molecular formula is C49H49CuN15O11S4. The quantitative estimate of drug-likeness (QED) is 0.0164. The van der Waals surface area contributed by atoms with Gasteiger partial charge in [-0.15, -0.1) is 4.33 Å². The molecule has 0 spiro atoms. The van der Waals surface area contributed by atoms with Crippen LogP contribution in [0.25, 0.3) is 89.7 Å². The summed E-state index contributed by atoms with van der Waals surface area (Å²) in [5.74, 6) is 1.91. The number of nitrogen functional groups attached to an aromatic ring is 1. The second kappa shape index (κ2) is 27.0. The molecule has 9 aromatic rings. The summed E-state index contributed by atoms with van der Waals surface area (Å²) in [6, 6.07) is 35.2. The molecule has 0 unspecified atom stereocenters. The Bertz CT molecular complexity index is 3890. The van der Waals surface area contributed by atoms with Crippen LogP contribution in [0.2, 0.25) is 0 Å². The molecular weight excluding hydrogens is 1170 g/mol. The van der Waals surface area contributed by atoms with E-state index in [1.165, 1.54) is 6.07 Å². The number of aromatic nitrogens is 11. The van der Waals surface area contributed by atoms with Gasteiger partial charge in [0.1, 0.15) is 0 Å². The Hall–Kier alpha value is -7.65. The molecule has 2 aliphatic heterocycles. The van der Waals surface area contributed by atoms with Gasteiger partial charge in [0.2, 0.25) is 27.9 Å². The molecule has 0 saturated heterocycles. The van der Waals surface area contributed by atoms with Gasteiger partial charge in [0, 0.05) is 57.9 Å². The van der Waals surface area contributed by atoms with Crippen LogP contribution in [0.15, 0.2) is 125 Å². The van der Waals surface area contributed by atoms with Gasteiger partial charge in [-0.2, -0.15) is 31.8 Å². The molecule has 1 radical (unpaired) electrons. The fourth-order valence-corrected chi connectivity index (χ4v) is 8.82. The predicted molar refractivity (Wildman–Crippen MR) is 300 cm³/mol. The molecule has 5 aromatic carbocycles. The molecule has 0 fully saturated rings. The summed E-state index contributed by atoms with van der Waals surface area (Å²) < 4.78 is 86.6. The maximum Gasteiger partial charge on any atom is 2.00 e. The third kappa shape index (κ3) is 15.6. The Balaban J connectivity index is 0.000000231. The monoisotopic (exact) mass is 1210 g/mol. The van der Waals surface area contributed by atoms with Crippen molar-refractivity contribution in [2.24, 2.45) is 0 Å². The first-order chi connectivity index (χ1) is 37.8. The van der Waals surface area contributed by atoms with Crippen molar-refractivity contribution < 1.29 is 66.1 Å². The first kappa shape index (κ1) is 61.6. The average molecular weight is 1220 g/mol. The molecule has 421 valence electrons. The number of rotatable bonds is 11.